The number of nitrogens with two attached hydrogens (primary N) is 1. The smallest absolute Gasteiger partial charge is 0.307 e. The second kappa shape index (κ2) is 11.1. The molecule has 112 valence electrons. The van der Waals surface area contributed by atoms with Gasteiger partial charge in [0.25, 0.3) is 5.91 Å². The number of amides is 1. The molecular formula is C12H24N2O4S. The molecule has 0 aliphatic rings. The fourth-order valence-corrected chi connectivity index (χ4v) is 2.01. The maximum Gasteiger partial charge on any atom is 0.307 e. The summed E-state index contributed by atoms with van der Waals surface area (Å²) in [6, 6.07) is -0.347. The zero-order valence-corrected chi connectivity index (χ0v) is 12.6. The molecule has 0 saturated carbocycles. The lowest BCUT2D eigenvalue weighted by Gasteiger charge is -2.21. The van der Waals surface area contributed by atoms with Crippen LogP contribution in [0.4, 0.5) is 0 Å². The molecule has 0 bridgehead atoms. The molecule has 0 heterocycles. The molecule has 0 aliphatic heterocycles. The van der Waals surface area contributed by atoms with E-state index >= 15 is 0 Å². The number of hydrogen-bond acceptors (Lipinski definition) is 6. The van der Waals surface area contributed by atoms with E-state index in [1.165, 1.54) is 7.11 Å². The molecular weight excluding hydrogens is 268 g/mol. The van der Waals surface area contributed by atoms with E-state index in [2.05, 4.69) is 5.32 Å². The van der Waals surface area contributed by atoms with Crippen molar-refractivity contribution >= 4 is 23.6 Å². The maximum absolute atomic E-state index is 11.8. The largest absolute Gasteiger partial charge is 0.466 e. The van der Waals surface area contributed by atoms with E-state index in [0.717, 1.165) is 5.75 Å². The molecule has 2 unspecified atom stereocenters. The Morgan fingerprint density at radius 3 is 2.63 bits per heavy atom. The molecule has 2 atom stereocenters. The van der Waals surface area contributed by atoms with Gasteiger partial charge >= 0.3 is 5.97 Å². The van der Waals surface area contributed by atoms with E-state index in [0.29, 0.717) is 13.0 Å². The van der Waals surface area contributed by atoms with Crippen molar-refractivity contribution in [2.75, 3.05) is 32.3 Å². The molecule has 0 fully saturated rings. The number of methoxy groups -OCH3 is 1. The van der Waals surface area contributed by atoms with Gasteiger partial charge in [-0.25, -0.2) is 0 Å². The normalized spacial score (nSPS) is 13.7. The molecule has 6 nitrogen and oxygen atoms in total. The Hall–Kier alpha value is -0.790. The highest BCUT2D eigenvalue weighted by Crippen LogP contribution is 2.05. The van der Waals surface area contributed by atoms with Crippen LogP contribution in [0.25, 0.3) is 0 Å². The Labute approximate surface area is 118 Å². The molecule has 0 aliphatic carbocycles. The van der Waals surface area contributed by atoms with Crippen molar-refractivity contribution in [1.82, 2.24) is 5.32 Å². The Morgan fingerprint density at radius 1 is 1.42 bits per heavy atom. The first kappa shape index (κ1) is 18.2. The van der Waals surface area contributed by atoms with E-state index in [1.807, 2.05) is 6.26 Å². The van der Waals surface area contributed by atoms with E-state index < -0.39 is 6.10 Å². The third-order valence-corrected chi connectivity index (χ3v) is 3.13. The van der Waals surface area contributed by atoms with Crippen LogP contribution in [-0.4, -0.2) is 56.3 Å². The minimum atomic E-state index is -0.686. The quantitative estimate of drug-likeness (QED) is 0.557. The van der Waals surface area contributed by atoms with Gasteiger partial charge in [-0.2, -0.15) is 11.8 Å². The number of carbonyl (C=O) groups excluding carboxylic acids is 2. The Bertz CT molecular complexity index is 276. The summed E-state index contributed by atoms with van der Waals surface area (Å²) in [5.74, 6) is 0.251. The van der Waals surface area contributed by atoms with E-state index in [4.69, 9.17) is 15.2 Å². The third kappa shape index (κ3) is 8.07. The number of thioether (sulfide) groups is 1. The Kier molecular flexibility index (Phi) is 10.6. The van der Waals surface area contributed by atoms with Crippen LogP contribution in [-0.2, 0) is 19.1 Å². The SMILES string of the molecule is CCOC(=O)CCNC(=O)C(OC)C(N)CCSC. The summed E-state index contributed by atoms with van der Waals surface area (Å²) in [6.07, 6.45) is 2.14. The van der Waals surface area contributed by atoms with Crippen molar-refractivity contribution in [3.05, 3.63) is 0 Å². The standard InChI is InChI=1S/C12H24N2O4S/c1-4-18-10(15)5-7-14-12(16)11(17-2)9(13)6-8-19-3/h9,11H,4-8,13H2,1-3H3,(H,14,16). The van der Waals surface area contributed by atoms with E-state index in [9.17, 15) is 9.59 Å². The Morgan fingerprint density at radius 2 is 2.11 bits per heavy atom. The van der Waals surface area contributed by atoms with Crippen LogP contribution >= 0.6 is 11.8 Å². The number of ether oxygens (including phenoxy) is 2. The van der Waals surface area contributed by atoms with Gasteiger partial charge in [0.05, 0.1) is 13.0 Å². The predicted molar refractivity (Wildman–Crippen MR) is 76.0 cm³/mol. The summed E-state index contributed by atoms with van der Waals surface area (Å²) in [4.78, 5) is 23.0. The first-order valence-corrected chi connectivity index (χ1v) is 7.66. The van der Waals surface area contributed by atoms with Gasteiger partial charge in [0, 0.05) is 19.7 Å². The van der Waals surface area contributed by atoms with Crippen molar-refractivity contribution < 1.29 is 19.1 Å². The summed E-state index contributed by atoms with van der Waals surface area (Å²) in [5, 5.41) is 2.63. The van der Waals surface area contributed by atoms with Gasteiger partial charge in [-0.05, 0) is 25.4 Å². The minimum absolute atomic E-state index is 0.149. The molecule has 1 amide bonds. The van der Waals surface area contributed by atoms with Crippen LogP contribution in [0.15, 0.2) is 0 Å². The zero-order valence-electron chi connectivity index (χ0n) is 11.8. The summed E-state index contributed by atoms with van der Waals surface area (Å²) in [6.45, 7) is 2.31. The fourth-order valence-electron chi connectivity index (χ4n) is 1.50. The van der Waals surface area contributed by atoms with Crippen molar-refractivity contribution in [1.29, 1.82) is 0 Å². The number of rotatable bonds is 10. The van der Waals surface area contributed by atoms with Crippen molar-refractivity contribution in [2.45, 2.75) is 31.9 Å². The summed E-state index contributed by atoms with van der Waals surface area (Å²) >= 11 is 1.67. The lowest BCUT2D eigenvalue weighted by atomic mass is 10.1. The van der Waals surface area contributed by atoms with Crippen molar-refractivity contribution in [3.63, 3.8) is 0 Å². The number of nitrogens with one attached hydrogen (secondary N) is 1. The van der Waals surface area contributed by atoms with Crippen molar-refractivity contribution in [2.24, 2.45) is 5.73 Å². The van der Waals surface area contributed by atoms with Crippen LogP contribution in [0, 0.1) is 0 Å². The van der Waals surface area contributed by atoms with Crippen LogP contribution in [0.1, 0.15) is 19.8 Å². The Balaban J connectivity index is 4.03. The van der Waals surface area contributed by atoms with Gasteiger partial charge in [-0.1, -0.05) is 0 Å². The average Bonchev–Trinajstić information content (AvgIpc) is 2.37. The van der Waals surface area contributed by atoms with Crippen LogP contribution in [0.5, 0.6) is 0 Å². The summed E-state index contributed by atoms with van der Waals surface area (Å²) < 4.78 is 9.88. The topological polar surface area (TPSA) is 90.6 Å². The molecule has 0 rings (SSSR count). The highest BCUT2D eigenvalue weighted by molar-refractivity contribution is 7.98. The van der Waals surface area contributed by atoms with Gasteiger partial charge in [-0.15, -0.1) is 0 Å². The van der Waals surface area contributed by atoms with Crippen LogP contribution in [0.3, 0.4) is 0 Å². The van der Waals surface area contributed by atoms with Crippen molar-refractivity contribution in [3.8, 4) is 0 Å². The summed E-state index contributed by atoms with van der Waals surface area (Å²) in [7, 11) is 1.45. The summed E-state index contributed by atoms with van der Waals surface area (Å²) in [5.41, 5.74) is 5.90. The van der Waals surface area contributed by atoms with Gasteiger partial charge in [-0.3, -0.25) is 9.59 Å². The average molecular weight is 292 g/mol. The first-order valence-electron chi connectivity index (χ1n) is 6.27. The highest BCUT2D eigenvalue weighted by Gasteiger charge is 2.24. The fraction of sp³-hybridized carbons (Fsp3) is 0.833. The first-order chi connectivity index (χ1) is 9.06. The molecule has 0 spiro atoms. The highest BCUT2D eigenvalue weighted by atomic mass is 32.2. The number of carbonyl (C=O) groups is 2. The van der Waals surface area contributed by atoms with Gasteiger partial charge in [0.1, 0.15) is 0 Å². The minimum Gasteiger partial charge on any atom is -0.466 e. The molecule has 7 heteroatoms. The van der Waals surface area contributed by atoms with Gasteiger partial charge < -0.3 is 20.5 Å². The van der Waals surface area contributed by atoms with Gasteiger partial charge in [0.2, 0.25) is 0 Å². The molecule has 0 saturated heterocycles. The molecule has 3 N–H and O–H groups in total. The molecule has 0 aromatic heterocycles. The molecule has 19 heavy (non-hydrogen) atoms. The second-order valence-corrected chi connectivity index (χ2v) is 4.93. The lowest BCUT2D eigenvalue weighted by Crippen LogP contribution is -2.48. The monoisotopic (exact) mass is 292 g/mol. The third-order valence-electron chi connectivity index (χ3n) is 2.49. The lowest BCUT2D eigenvalue weighted by molar-refractivity contribution is -0.143. The molecule has 0 aromatic rings. The number of hydrogen-bond donors (Lipinski definition) is 2. The van der Waals surface area contributed by atoms with E-state index in [-0.39, 0.29) is 30.9 Å². The molecule has 0 radical (unpaired) electrons. The maximum atomic E-state index is 11.8. The number of esters is 1. The van der Waals surface area contributed by atoms with Crippen LogP contribution in [0.2, 0.25) is 0 Å². The second-order valence-electron chi connectivity index (χ2n) is 3.95. The van der Waals surface area contributed by atoms with Crippen LogP contribution < -0.4 is 11.1 Å². The van der Waals surface area contributed by atoms with E-state index in [1.54, 1.807) is 18.7 Å². The predicted octanol–water partition coefficient (Wildman–Crippen LogP) is 0.151. The molecule has 0 aromatic carbocycles. The van der Waals surface area contributed by atoms with Gasteiger partial charge in [0.15, 0.2) is 6.10 Å². The zero-order chi connectivity index (χ0) is 14.7.